The highest BCUT2D eigenvalue weighted by atomic mass is 16.4. The molecule has 1 rings (SSSR count). The first-order valence-electron chi connectivity index (χ1n) is 5.93. The molecule has 0 aliphatic heterocycles. The standard InChI is InChI=1S/C13H16N2O5/c1-7-3-2-4-8(11(7)17)12(18)15-9(13(19)20)5-6-10(14)16/h2-4,9,17H,5-6H2,1H3,(H2,14,16)(H,15,18)(H,19,20). The first-order chi connectivity index (χ1) is 9.32. The Bertz CT molecular complexity index is 542. The van der Waals surface area contributed by atoms with E-state index in [4.69, 9.17) is 10.8 Å². The molecule has 1 aromatic rings. The number of rotatable bonds is 6. The van der Waals surface area contributed by atoms with Gasteiger partial charge in [-0.2, -0.15) is 0 Å². The van der Waals surface area contributed by atoms with Crippen LogP contribution in [-0.2, 0) is 9.59 Å². The lowest BCUT2D eigenvalue weighted by molar-refractivity contribution is -0.139. The molecule has 1 aromatic carbocycles. The first-order valence-corrected chi connectivity index (χ1v) is 5.93. The van der Waals surface area contributed by atoms with Gasteiger partial charge in [0.25, 0.3) is 5.91 Å². The average Bonchev–Trinajstić information content (AvgIpc) is 2.36. The van der Waals surface area contributed by atoms with Gasteiger partial charge in [0.05, 0.1) is 5.56 Å². The molecule has 0 aliphatic rings. The first kappa shape index (κ1) is 15.5. The van der Waals surface area contributed by atoms with Gasteiger partial charge < -0.3 is 21.3 Å². The predicted molar refractivity (Wildman–Crippen MR) is 70.2 cm³/mol. The van der Waals surface area contributed by atoms with E-state index in [9.17, 15) is 19.5 Å². The number of aromatic hydroxyl groups is 1. The molecule has 2 amide bonds. The zero-order valence-electron chi connectivity index (χ0n) is 10.9. The Labute approximate surface area is 115 Å². The average molecular weight is 280 g/mol. The molecular formula is C13H16N2O5. The maximum atomic E-state index is 11.9. The van der Waals surface area contributed by atoms with Crippen molar-refractivity contribution in [3.63, 3.8) is 0 Å². The van der Waals surface area contributed by atoms with Crippen molar-refractivity contribution in [2.75, 3.05) is 0 Å². The summed E-state index contributed by atoms with van der Waals surface area (Å²) in [6, 6.07) is 3.33. The SMILES string of the molecule is Cc1cccc(C(=O)NC(CCC(N)=O)C(=O)O)c1O. The molecule has 7 heteroatoms. The second kappa shape index (κ2) is 6.55. The Morgan fingerprint density at radius 1 is 1.35 bits per heavy atom. The number of nitrogens with one attached hydrogen (secondary N) is 1. The fraction of sp³-hybridized carbons (Fsp3) is 0.308. The molecule has 1 atom stereocenters. The van der Waals surface area contributed by atoms with Crippen molar-refractivity contribution in [1.82, 2.24) is 5.32 Å². The number of para-hydroxylation sites is 1. The second-order valence-corrected chi connectivity index (χ2v) is 4.34. The maximum Gasteiger partial charge on any atom is 0.326 e. The number of phenols is 1. The Balaban J connectivity index is 2.83. The number of carbonyl (C=O) groups excluding carboxylic acids is 2. The van der Waals surface area contributed by atoms with Crippen LogP contribution >= 0.6 is 0 Å². The highest BCUT2D eigenvalue weighted by Gasteiger charge is 2.22. The van der Waals surface area contributed by atoms with Crippen molar-refractivity contribution in [2.45, 2.75) is 25.8 Å². The van der Waals surface area contributed by atoms with E-state index >= 15 is 0 Å². The number of carboxylic acids is 1. The van der Waals surface area contributed by atoms with Gasteiger partial charge in [-0.3, -0.25) is 9.59 Å². The van der Waals surface area contributed by atoms with Crippen LogP contribution in [0.1, 0.15) is 28.8 Å². The molecule has 0 spiro atoms. The van der Waals surface area contributed by atoms with E-state index < -0.39 is 23.8 Å². The minimum Gasteiger partial charge on any atom is -0.507 e. The maximum absolute atomic E-state index is 11.9. The molecule has 7 nitrogen and oxygen atoms in total. The molecule has 0 saturated carbocycles. The molecule has 0 aromatic heterocycles. The number of amides is 2. The van der Waals surface area contributed by atoms with Crippen molar-refractivity contribution >= 4 is 17.8 Å². The summed E-state index contributed by atoms with van der Waals surface area (Å²) in [4.78, 5) is 33.6. The number of hydrogen-bond acceptors (Lipinski definition) is 4. The van der Waals surface area contributed by atoms with E-state index in [1.54, 1.807) is 19.1 Å². The summed E-state index contributed by atoms with van der Waals surface area (Å²) in [5, 5.41) is 21.0. The van der Waals surface area contributed by atoms with Gasteiger partial charge in [-0.1, -0.05) is 12.1 Å². The van der Waals surface area contributed by atoms with Crippen molar-refractivity contribution in [2.24, 2.45) is 5.73 Å². The molecule has 1 unspecified atom stereocenters. The summed E-state index contributed by atoms with van der Waals surface area (Å²) in [6.45, 7) is 1.62. The normalized spacial score (nSPS) is 11.7. The van der Waals surface area contributed by atoms with Crippen molar-refractivity contribution in [3.8, 4) is 5.75 Å². The lowest BCUT2D eigenvalue weighted by atomic mass is 10.1. The molecule has 20 heavy (non-hydrogen) atoms. The van der Waals surface area contributed by atoms with Gasteiger partial charge in [0.15, 0.2) is 0 Å². The molecule has 0 bridgehead atoms. The van der Waals surface area contributed by atoms with E-state index in [0.717, 1.165) is 0 Å². The quantitative estimate of drug-likeness (QED) is 0.589. The lowest BCUT2D eigenvalue weighted by Crippen LogP contribution is -2.41. The van der Waals surface area contributed by atoms with Gasteiger partial charge in [0.2, 0.25) is 5.91 Å². The summed E-state index contributed by atoms with van der Waals surface area (Å²) in [6.07, 6.45) is -0.264. The summed E-state index contributed by atoms with van der Waals surface area (Å²) in [7, 11) is 0. The van der Waals surface area contributed by atoms with E-state index in [-0.39, 0.29) is 24.2 Å². The van der Waals surface area contributed by atoms with Crippen LogP contribution in [0, 0.1) is 6.92 Å². The third-order valence-electron chi connectivity index (χ3n) is 2.77. The number of nitrogens with two attached hydrogens (primary N) is 1. The number of hydrogen-bond donors (Lipinski definition) is 4. The van der Waals surface area contributed by atoms with Crippen LogP contribution in [0.4, 0.5) is 0 Å². The number of phenolic OH excluding ortho intramolecular Hbond substituents is 1. The summed E-state index contributed by atoms with van der Waals surface area (Å²) >= 11 is 0. The molecule has 0 radical (unpaired) electrons. The van der Waals surface area contributed by atoms with Crippen molar-refractivity contribution in [1.29, 1.82) is 0 Å². The number of benzene rings is 1. The Hall–Kier alpha value is -2.57. The van der Waals surface area contributed by atoms with Crippen molar-refractivity contribution < 1.29 is 24.6 Å². The highest BCUT2D eigenvalue weighted by molar-refractivity contribution is 5.99. The minimum absolute atomic E-state index is 0.0182. The molecule has 5 N–H and O–H groups in total. The third-order valence-corrected chi connectivity index (χ3v) is 2.77. The lowest BCUT2D eigenvalue weighted by Gasteiger charge is -2.14. The molecule has 0 heterocycles. The van der Waals surface area contributed by atoms with Crippen LogP contribution in [0.3, 0.4) is 0 Å². The zero-order chi connectivity index (χ0) is 15.3. The molecule has 0 saturated heterocycles. The second-order valence-electron chi connectivity index (χ2n) is 4.34. The van der Waals surface area contributed by atoms with Crippen LogP contribution in [-0.4, -0.2) is 34.0 Å². The van der Waals surface area contributed by atoms with Crippen molar-refractivity contribution in [3.05, 3.63) is 29.3 Å². The van der Waals surface area contributed by atoms with Gasteiger partial charge in [0.1, 0.15) is 11.8 Å². The molecule has 108 valence electrons. The van der Waals surface area contributed by atoms with E-state index in [1.165, 1.54) is 6.07 Å². The van der Waals surface area contributed by atoms with E-state index in [1.807, 2.05) is 0 Å². The number of aliphatic carboxylic acids is 1. The van der Waals surface area contributed by atoms with Crippen LogP contribution in [0.25, 0.3) is 0 Å². The number of primary amides is 1. The van der Waals surface area contributed by atoms with Crippen LogP contribution < -0.4 is 11.1 Å². The number of carboxylic acid groups (broad SMARTS) is 1. The minimum atomic E-state index is -1.27. The monoisotopic (exact) mass is 280 g/mol. The number of carbonyl (C=O) groups is 3. The fourth-order valence-electron chi connectivity index (χ4n) is 1.62. The topological polar surface area (TPSA) is 130 Å². The van der Waals surface area contributed by atoms with E-state index in [2.05, 4.69) is 5.32 Å². The summed E-state index contributed by atoms with van der Waals surface area (Å²) in [5.74, 6) is -2.84. The predicted octanol–water partition coefficient (Wildman–Crippen LogP) is 0.149. The molecule has 0 aliphatic carbocycles. The smallest absolute Gasteiger partial charge is 0.326 e. The van der Waals surface area contributed by atoms with Crippen LogP contribution in [0.2, 0.25) is 0 Å². The Morgan fingerprint density at radius 3 is 2.55 bits per heavy atom. The van der Waals surface area contributed by atoms with E-state index in [0.29, 0.717) is 5.56 Å². The highest BCUT2D eigenvalue weighted by Crippen LogP contribution is 2.21. The fourth-order valence-corrected chi connectivity index (χ4v) is 1.62. The van der Waals surface area contributed by atoms with Gasteiger partial charge in [-0.15, -0.1) is 0 Å². The molecular weight excluding hydrogens is 264 g/mol. The van der Waals surface area contributed by atoms with Gasteiger partial charge in [0, 0.05) is 6.42 Å². The Morgan fingerprint density at radius 2 is 2.00 bits per heavy atom. The summed E-state index contributed by atoms with van der Waals surface area (Å²) < 4.78 is 0. The summed E-state index contributed by atoms with van der Waals surface area (Å²) in [5.41, 5.74) is 5.43. The number of aryl methyl sites for hydroxylation is 1. The van der Waals surface area contributed by atoms with Gasteiger partial charge in [-0.25, -0.2) is 4.79 Å². The molecule has 0 fully saturated rings. The third kappa shape index (κ3) is 3.98. The Kier molecular flexibility index (Phi) is 5.08. The van der Waals surface area contributed by atoms with Crippen LogP contribution in [0.15, 0.2) is 18.2 Å². The largest absolute Gasteiger partial charge is 0.507 e. The van der Waals surface area contributed by atoms with Gasteiger partial charge in [-0.05, 0) is 25.0 Å². The van der Waals surface area contributed by atoms with Crippen LogP contribution in [0.5, 0.6) is 5.75 Å². The van der Waals surface area contributed by atoms with Gasteiger partial charge >= 0.3 is 5.97 Å². The zero-order valence-corrected chi connectivity index (χ0v) is 10.9.